The van der Waals surface area contributed by atoms with Gasteiger partial charge in [-0.25, -0.2) is 9.61 Å². The summed E-state index contributed by atoms with van der Waals surface area (Å²) in [5, 5.41) is 10.6. The molecular weight excluding hydrogens is 376 g/mol. The van der Waals surface area contributed by atoms with E-state index >= 15 is 0 Å². The van der Waals surface area contributed by atoms with Gasteiger partial charge in [0.25, 0.3) is 0 Å². The molecular formula is C20H14N4OS2. The third-order valence-electron chi connectivity index (χ3n) is 4.31. The molecule has 0 spiro atoms. The van der Waals surface area contributed by atoms with Crippen LogP contribution in [0.15, 0.2) is 52.7 Å². The highest BCUT2D eigenvalue weighted by molar-refractivity contribution is 7.15. The Hall–Kier alpha value is -2.90. The lowest BCUT2D eigenvalue weighted by Gasteiger charge is -2.10. The largest absolute Gasteiger partial charge is 0.265 e. The maximum atomic E-state index is 5.15. The van der Waals surface area contributed by atoms with Crippen molar-refractivity contribution in [2.45, 2.75) is 13.8 Å². The number of pyridine rings is 2. The number of thiophene rings is 2. The molecule has 27 heavy (non-hydrogen) atoms. The third-order valence-corrected chi connectivity index (χ3v) is 6.39. The van der Waals surface area contributed by atoms with Crippen LogP contribution in [0.4, 0.5) is 0 Å². The van der Waals surface area contributed by atoms with Crippen LogP contribution in [0.5, 0.6) is 0 Å². The predicted molar refractivity (Wildman–Crippen MR) is 109 cm³/mol. The van der Waals surface area contributed by atoms with Crippen LogP contribution < -0.4 is 0 Å². The molecule has 0 aliphatic rings. The van der Waals surface area contributed by atoms with Crippen LogP contribution in [0.2, 0.25) is 0 Å². The Kier molecular flexibility index (Phi) is 3.84. The Morgan fingerprint density at radius 3 is 2.41 bits per heavy atom. The van der Waals surface area contributed by atoms with Crippen LogP contribution in [-0.2, 0) is 0 Å². The minimum absolute atomic E-state index is 0.690. The third kappa shape index (κ3) is 2.75. The first-order chi connectivity index (χ1) is 13.2. The van der Waals surface area contributed by atoms with Crippen LogP contribution in [0, 0.1) is 13.8 Å². The quantitative estimate of drug-likeness (QED) is 0.392. The van der Waals surface area contributed by atoms with Gasteiger partial charge in [-0.15, -0.1) is 22.7 Å². The summed E-state index contributed by atoms with van der Waals surface area (Å²) in [6.45, 7) is 4.17. The maximum Gasteiger partial charge on any atom is 0.163 e. The van der Waals surface area contributed by atoms with Crippen molar-refractivity contribution < 1.29 is 4.63 Å². The molecule has 0 aromatic carbocycles. The molecule has 0 atom stereocenters. The highest BCUT2D eigenvalue weighted by Gasteiger charge is 2.23. The topological polar surface area (TPSA) is 64.7 Å². The van der Waals surface area contributed by atoms with E-state index in [0.717, 1.165) is 37.8 Å². The van der Waals surface area contributed by atoms with E-state index in [1.807, 2.05) is 12.1 Å². The Bertz CT molecular complexity index is 1250. The van der Waals surface area contributed by atoms with Gasteiger partial charge in [0.2, 0.25) is 0 Å². The van der Waals surface area contributed by atoms with Crippen molar-refractivity contribution in [3.63, 3.8) is 0 Å². The van der Waals surface area contributed by atoms with Gasteiger partial charge in [0, 0.05) is 33.3 Å². The molecule has 7 heteroatoms. The second-order valence-electron chi connectivity index (χ2n) is 6.28. The second-order valence-corrected chi connectivity index (χ2v) is 8.48. The van der Waals surface area contributed by atoms with Crippen molar-refractivity contribution >= 4 is 33.7 Å². The molecule has 0 unspecified atom stereocenters. The van der Waals surface area contributed by atoms with Gasteiger partial charge >= 0.3 is 0 Å². The van der Waals surface area contributed by atoms with Crippen molar-refractivity contribution in [2.24, 2.45) is 0 Å². The number of hydrogen-bond acceptors (Lipinski definition) is 7. The molecule has 0 fully saturated rings. The zero-order chi connectivity index (χ0) is 18.4. The monoisotopic (exact) mass is 390 g/mol. The number of fused-ring (bicyclic) bond motifs is 1. The van der Waals surface area contributed by atoms with E-state index in [-0.39, 0.29) is 0 Å². The Morgan fingerprint density at radius 2 is 1.70 bits per heavy atom. The highest BCUT2D eigenvalue weighted by Crippen LogP contribution is 2.42. The van der Waals surface area contributed by atoms with Crippen molar-refractivity contribution in [3.05, 3.63) is 58.5 Å². The van der Waals surface area contributed by atoms with Crippen molar-refractivity contribution in [3.8, 4) is 32.3 Å². The first-order valence-corrected chi connectivity index (χ1v) is 10.1. The molecule has 0 saturated heterocycles. The van der Waals surface area contributed by atoms with E-state index in [1.54, 1.807) is 35.1 Å². The van der Waals surface area contributed by atoms with Gasteiger partial charge in [-0.3, -0.25) is 4.98 Å². The number of aryl methyl sites for hydroxylation is 2. The minimum atomic E-state index is 0.690. The average molecular weight is 390 g/mol. The summed E-state index contributed by atoms with van der Waals surface area (Å²) in [5.74, 6) is 0. The van der Waals surface area contributed by atoms with Crippen molar-refractivity contribution in [1.82, 2.24) is 20.3 Å². The maximum absolute atomic E-state index is 5.15. The molecule has 0 aliphatic carbocycles. The van der Waals surface area contributed by atoms with Gasteiger partial charge in [0.1, 0.15) is 11.2 Å². The summed E-state index contributed by atoms with van der Waals surface area (Å²) in [6.07, 6.45) is 3.56. The fraction of sp³-hybridized carbons (Fsp3) is 0.100. The van der Waals surface area contributed by atoms with E-state index in [9.17, 15) is 0 Å². The molecule has 0 N–H and O–H groups in total. The highest BCUT2D eigenvalue weighted by atomic mass is 32.1. The van der Waals surface area contributed by atoms with E-state index < -0.39 is 0 Å². The summed E-state index contributed by atoms with van der Waals surface area (Å²) in [6, 6.07) is 10.2. The lowest BCUT2D eigenvalue weighted by molar-refractivity contribution is 0.315. The molecule has 0 radical (unpaired) electrons. The predicted octanol–water partition coefficient (Wildman–Crippen LogP) is 5.75. The molecule has 5 nitrogen and oxygen atoms in total. The van der Waals surface area contributed by atoms with Gasteiger partial charge in [-0.2, -0.15) is 0 Å². The summed E-state index contributed by atoms with van der Waals surface area (Å²) < 4.78 is 5.15. The van der Waals surface area contributed by atoms with E-state index in [0.29, 0.717) is 5.52 Å². The Labute approximate surface area is 163 Å². The lowest BCUT2D eigenvalue weighted by atomic mass is 10.0. The Morgan fingerprint density at radius 1 is 0.889 bits per heavy atom. The molecule has 0 saturated carbocycles. The van der Waals surface area contributed by atoms with E-state index in [4.69, 9.17) is 9.61 Å². The molecule has 5 aromatic heterocycles. The van der Waals surface area contributed by atoms with Crippen LogP contribution in [0.25, 0.3) is 43.3 Å². The molecule has 5 rings (SSSR count). The van der Waals surface area contributed by atoms with Crippen LogP contribution >= 0.6 is 22.7 Å². The minimum Gasteiger partial charge on any atom is -0.265 e. The lowest BCUT2D eigenvalue weighted by Crippen LogP contribution is -1.94. The van der Waals surface area contributed by atoms with Gasteiger partial charge in [-0.05, 0) is 65.4 Å². The summed E-state index contributed by atoms with van der Waals surface area (Å²) in [5.41, 5.74) is 6.24. The van der Waals surface area contributed by atoms with E-state index in [2.05, 4.69) is 52.7 Å². The molecule has 5 heterocycles. The second kappa shape index (κ2) is 6.37. The van der Waals surface area contributed by atoms with Crippen molar-refractivity contribution in [2.75, 3.05) is 0 Å². The summed E-state index contributed by atoms with van der Waals surface area (Å²) in [4.78, 5) is 12.6. The number of aromatic nitrogens is 4. The number of rotatable bonds is 3. The van der Waals surface area contributed by atoms with Gasteiger partial charge in [-0.1, -0.05) is 0 Å². The standard InChI is InChI=1S/C20H14N4OS2/c1-11-9-15(26-10-11)16-17(13-5-7-21-8-6-13)22-18(14-4-3-12(2)27-14)20-19(16)23-25-24-20/h3-10H,1-2H3. The molecule has 132 valence electrons. The van der Waals surface area contributed by atoms with Crippen LogP contribution in [0.1, 0.15) is 10.4 Å². The smallest absolute Gasteiger partial charge is 0.163 e. The number of hydrogen-bond donors (Lipinski definition) is 0. The van der Waals surface area contributed by atoms with Crippen LogP contribution in [0.3, 0.4) is 0 Å². The van der Waals surface area contributed by atoms with E-state index in [1.165, 1.54) is 10.4 Å². The fourth-order valence-corrected chi connectivity index (χ4v) is 4.89. The summed E-state index contributed by atoms with van der Waals surface area (Å²) in [7, 11) is 0. The first-order valence-electron chi connectivity index (χ1n) is 8.39. The molecule has 5 aromatic rings. The normalized spacial score (nSPS) is 11.3. The van der Waals surface area contributed by atoms with Gasteiger partial charge in [0.15, 0.2) is 5.52 Å². The SMILES string of the molecule is Cc1csc(-c2c(-c3ccncc3)nc(-c3ccc(C)s3)c3nonc23)c1. The fourth-order valence-electron chi connectivity index (χ4n) is 3.09. The van der Waals surface area contributed by atoms with Gasteiger partial charge < -0.3 is 0 Å². The summed E-state index contributed by atoms with van der Waals surface area (Å²) >= 11 is 3.36. The molecule has 0 aliphatic heterocycles. The van der Waals surface area contributed by atoms with Gasteiger partial charge in [0.05, 0.1) is 10.6 Å². The molecule has 0 amide bonds. The van der Waals surface area contributed by atoms with Crippen molar-refractivity contribution in [1.29, 1.82) is 0 Å². The Balaban J connectivity index is 1.89. The van der Waals surface area contributed by atoms with Crippen LogP contribution in [-0.4, -0.2) is 20.3 Å². The molecule has 0 bridgehead atoms. The zero-order valence-corrected chi connectivity index (χ0v) is 16.3. The average Bonchev–Trinajstić information content (AvgIpc) is 3.42. The number of nitrogens with zero attached hydrogens (tertiary/aromatic N) is 4. The zero-order valence-electron chi connectivity index (χ0n) is 14.6. The first kappa shape index (κ1) is 16.3.